The fraction of sp³-hybridized carbons (Fsp3) is 0.400. The third kappa shape index (κ3) is 4.33. The monoisotopic (exact) mass is 369 g/mol. The quantitative estimate of drug-likeness (QED) is 0.500. The van der Waals surface area contributed by atoms with Gasteiger partial charge in [0.05, 0.1) is 0 Å². The summed E-state index contributed by atoms with van der Waals surface area (Å²) in [7, 11) is 0. The largest absolute Gasteiger partial charge is 0.303 e. The van der Waals surface area contributed by atoms with Crippen LogP contribution in [0.15, 0.2) is 53.0 Å². The molecule has 2 aromatic heterocycles. The fourth-order valence-electron chi connectivity index (χ4n) is 3.03. The summed E-state index contributed by atoms with van der Waals surface area (Å²) in [5.41, 5.74) is 1.41. The topological polar surface area (TPSA) is 30.7 Å². The molecule has 130 valence electrons. The van der Waals surface area contributed by atoms with Crippen molar-refractivity contribution in [2.45, 2.75) is 55.5 Å². The van der Waals surface area contributed by atoms with Crippen molar-refractivity contribution in [1.82, 2.24) is 14.8 Å². The second-order valence-corrected chi connectivity index (χ2v) is 9.15. The summed E-state index contributed by atoms with van der Waals surface area (Å²) in [5, 5.41) is 12.8. The molecule has 5 heteroatoms. The minimum Gasteiger partial charge on any atom is -0.303 e. The van der Waals surface area contributed by atoms with Gasteiger partial charge in [0, 0.05) is 22.6 Å². The Bertz CT molecular complexity index is 792. The van der Waals surface area contributed by atoms with Gasteiger partial charge in [0.15, 0.2) is 5.16 Å². The molecule has 1 unspecified atom stereocenters. The highest BCUT2D eigenvalue weighted by Crippen LogP contribution is 2.40. The van der Waals surface area contributed by atoms with Crippen LogP contribution in [0.25, 0.3) is 0 Å². The van der Waals surface area contributed by atoms with Crippen molar-refractivity contribution >= 4 is 23.1 Å². The molecular weight excluding hydrogens is 346 g/mol. The highest BCUT2D eigenvalue weighted by molar-refractivity contribution is 7.99. The summed E-state index contributed by atoms with van der Waals surface area (Å²) in [6.07, 6.45) is 5.71. The molecule has 0 bridgehead atoms. The lowest BCUT2D eigenvalue weighted by molar-refractivity contribution is 0.632. The van der Waals surface area contributed by atoms with Crippen LogP contribution in [0.4, 0.5) is 0 Å². The number of hydrogen-bond donors (Lipinski definition) is 0. The molecule has 0 radical (unpaired) electrons. The van der Waals surface area contributed by atoms with E-state index >= 15 is 0 Å². The van der Waals surface area contributed by atoms with Crippen molar-refractivity contribution in [1.29, 1.82) is 0 Å². The van der Waals surface area contributed by atoms with Crippen LogP contribution in [-0.4, -0.2) is 20.0 Å². The zero-order valence-corrected chi connectivity index (χ0v) is 16.1. The van der Waals surface area contributed by atoms with Gasteiger partial charge in [-0.05, 0) is 42.7 Å². The van der Waals surface area contributed by atoms with Gasteiger partial charge in [0.25, 0.3) is 0 Å². The molecule has 1 fully saturated rings. The number of rotatable bonds is 8. The molecule has 0 saturated heterocycles. The Hall–Kier alpha value is -1.59. The first-order valence-electron chi connectivity index (χ1n) is 8.96. The number of benzene rings is 1. The standard InChI is InChI=1S/C20H23N3S2/c1-15(9-10-16-6-3-2-4-7-16)25-20-22-21-19(23(20)17-11-12-17)14-18-8-5-13-24-18/h2-8,13,15,17H,9-12,14H2,1H3. The number of thioether (sulfide) groups is 1. The van der Waals surface area contributed by atoms with E-state index in [4.69, 9.17) is 0 Å². The third-order valence-corrected chi connectivity index (χ3v) is 6.55. The Morgan fingerprint density at radius 3 is 2.72 bits per heavy atom. The number of thiophene rings is 1. The fourth-order valence-corrected chi connectivity index (χ4v) is 4.78. The van der Waals surface area contributed by atoms with Gasteiger partial charge in [0.1, 0.15) is 5.82 Å². The molecule has 3 aromatic rings. The van der Waals surface area contributed by atoms with Gasteiger partial charge >= 0.3 is 0 Å². The lowest BCUT2D eigenvalue weighted by Gasteiger charge is -2.13. The van der Waals surface area contributed by atoms with Crippen LogP contribution in [-0.2, 0) is 12.8 Å². The van der Waals surface area contributed by atoms with Crippen molar-refractivity contribution in [3.8, 4) is 0 Å². The van der Waals surface area contributed by atoms with E-state index in [0.29, 0.717) is 11.3 Å². The third-order valence-electron chi connectivity index (χ3n) is 4.55. The molecule has 25 heavy (non-hydrogen) atoms. The van der Waals surface area contributed by atoms with Crippen LogP contribution in [0.3, 0.4) is 0 Å². The van der Waals surface area contributed by atoms with E-state index in [9.17, 15) is 0 Å². The van der Waals surface area contributed by atoms with Crippen LogP contribution in [0, 0.1) is 0 Å². The van der Waals surface area contributed by atoms with Gasteiger partial charge in [-0.3, -0.25) is 0 Å². The Balaban J connectivity index is 1.42. The number of aryl methyl sites for hydroxylation is 1. The number of nitrogens with zero attached hydrogens (tertiary/aromatic N) is 3. The summed E-state index contributed by atoms with van der Waals surface area (Å²) < 4.78 is 2.41. The molecule has 1 aliphatic rings. The summed E-state index contributed by atoms with van der Waals surface area (Å²) in [5.74, 6) is 1.13. The van der Waals surface area contributed by atoms with Crippen molar-refractivity contribution < 1.29 is 0 Å². The molecule has 0 aliphatic heterocycles. The molecule has 3 nitrogen and oxygen atoms in total. The predicted octanol–water partition coefficient (Wildman–Crippen LogP) is 5.38. The molecular formula is C20H23N3S2. The predicted molar refractivity (Wildman–Crippen MR) is 106 cm³/mol. The Morgan fingerprint density at radius 1 is 1.16 bits per heavy atom. The van der Waals surface area contributed by atoms with Gasteiger partial charge in [-0.15, -0.1) is 21.5 Å². The van der Waals surface area contributed by atoms with E-state index in [1.807, 2.05) is 11.8 Å². The highest BCUT2D eigenvalue weighted by Gasteiger charge is 2.30. The molecule has 1 saturated carbocycles. The zero-order chi connectivity index (χ0) is 17.1. The molecule has 1 aromatic carbocycles. The van der Waals surface area contributed by atoms with Gasteiger partial charge in [-0.1, -0.05) is 55.1 Å². The van der Waals surface area contributed by atoms with E-state index in [2.05, 4.69) is 69.5 Å². The zero-order valence-electron chi connectivity index (χ0n) is 14.5. The van der Waals surface area contributed by atoms with Crippen molar-refractivity contribution in [2.24, 2.45) is 0 Å². The smallest absolute Gasteiger partial charge is 0.191 e. The summed E-state index contributed by atoms with van der Waals surface area (Å²) in [6, 6.07) is 15.7. The number of hydrogen-bond acceptors (Lipinski definition) is 4. The van der Waals surface area contributed by atoms with E-state index in [1.54, 1.807) is 11.3 Å². The Kier molecular flexibility index (Phi) is 5.22. The Labute approximate surface area is 157 Å². The average molecular weight is 370 g/mol. The first-order valence-corrected chi connectivity index (χ1v) is 10.7. The van der Waals surface area contributed by atoms with Gasteiger partial charge < -0.3 is 4.57 Å². The maximum atomic E-state index is 4.53. The van der Waals surface area contributed by atoms with Crippen molar-refractivity contribution in [3.05, 3.63) is 64.1 Å². The van der Waals surface area contributed by atoms with Crippen molar-refractivity contribution in [3.63, 3.8) is 0 Å². The van der Waals surface area contributed by atoms with Crippen LogP contribution < -0.4 is 0 Å². The minimum absolute atomic E-state index is 0.538. The molecule has 1 aliphatic carbocycles. The van der Waals surface area contributed by atoms with Crippen LogP contribution >= 0.6 is 23.1 Å². The SMILES string of the molecule is CC(CCc1ccccc1)Sc1nnc(Cc2cccs2)n1C1CC1. The maximum Gasteiger partial charge on any atom is 0.191 e. The lowest BCUT2D eigenvalue weighted by Crippen LogP contribution is -2.06. The first-order chi connectivity index (χ1) is 12.3. The van der Waals surface area contributed by atoms with Gasteiger partial charge in [0.2, 0.25) is 0 Å². The summed E-state index contributed by atoms with van der Waals surface area (Å²) in [6.45, 7) is 2.30. The van der Waals surface area contributed by atoms with Crippen LogP contribution in [0.1, 0.15) is 48.5 Å². The lowest BCUT2D eigenvalue weighted by atomic mass is 10.1. The second kappa shape index (κ2) is 7.75. The van der Waals surface area contributed by atoms with Crippen LogP contribution in [0.5, 0.6) is 0 Å². The van der Waals surface area contributed by atoms with Gasteiger partial charge in [-0.2, -0.15) is 0 Å². The normalized spacial score (nSPS) is 15.4. The molecule has 4 rings (SSSR count). The molecule has 0 spiro atoms. The second-order valence-electron chi connectivity index (χ2n) is 6.71. The minimum atomic E-state index is 0.538. The number of aromatic nitrogens is 3. The highest BCUT2D eigenvalue weighted by atomic mass is 32.2. The molecule has 0 N–H and O–H groups in total. The van der Waals surface area contributed by atoms with Gasteiger partial charge in [-0.25, -0.2) is 0 Å². The molecule has 0 amide bonds. The Morgan fingerprint density at radius 2 is 2.00 bits per heavy atom. The average Bonchev–Trinajstić information content (AvgIpc) is 3.19. The summed E-state index contributed by atoms with van der Waals surface area (Å²) >= 11 is 3.68. The first kappa shape index (κ1) is 16.9. The summed E-state index contributed by atoms with van der Waals surface area (Å²) in [4.78, 5) is 1.36. The van der Waals surface area contributed by atoms with E-state index in [0.717, 1.165) is 30.2 Å². The van der Waals surface area contributed by atoms with E-state index < -0.39 is 0 Å². The molecule has 1 atom stereocenters. The van der Waals surface area contributed by atoms with E-state index in [1.165, 1.54) is 23.3 Å². The van der Waals surface area contributed by atoms with Crippen LogP contribution in [0.2, 0.25) is 0 Å². The van der Waals surface area contributed by atoms with Crippen molar-refractivity contribution in [2.75, 3.05) is 0 Å². The van der Waals surface area contributed by atoms with E-state index in [-0.39, 0.29) is 0 Å². The maximum absolute atomic E-state index is 4.53. The molecule has 2 heterocycles.